The third kappa shape index (κ3) is 4.94. The van der Waals surface area contributed by atoms with Gasteiger partial charge in [0.05, 0.1) is 19.1 Å². The Balaban J connectivity index is 1.49. The summed E-state index contributed by atoms with van der Waals surface area (Å²) in [5.41, 5.74) is 2.77. The zero-order valence-electron chi connectivity index (χ0n) is 17.1. The van der Waals surface area contributed by atoms with Gasteiger partial charge in [-0.15, -0.1) is 0 Å². The van der Waals surface area contributed by atoms with Crippen LogP contribution in [0.15, 0.2) is 65.3 Å². The van der Waals surface area contributed by atoms with Gasteiger partial charge >= 0.3 is 6.03 Å². The molecule has 4 aromatic rings. The van der Waals surface area contributed by atoms with E-state index in [4.69, 9.17) is 0 Å². The second-order valence-electron chi connectivity index (χ2n) is 7.31. The van der Waals surface area contributed by atoms with Crippen LogP contribution in [0.1, 0.15) is 29.9 Å². The quantitative estimate of drug-likeness (QED) is 0.388. The average molecular weight is 500 g/mol. The number of benzene rings is 2. The number of imidazole rings is 1. The Morgan fingerprint density at radius 1 is 1.12 bits per heavy atom. The highest BCUT2D eigenvalue weighted by Gasteiger charge is 2.15. The molecule has 0 aliphatic heterocycles. The summed E-state index contributed by atoms with van der Waals surface area (Å²) in [5.74, 6) is -1.27. The van der Waals surface area contributed by atoms with Crippen molar-refractivity contribution in [2.75, 3.05) is 0 Å². The Morgan fingerprint density at radius 3 is 2.66 bits per heavy atom. The number of pyridine rings is 1. The summed E-state index contributed by atoms with van der Waals surface area (Å²) in [4.78, 5) is 21.4. The van der Waals surface area contributed by atoms with Gasteiger partial charge in [-0.3, -0.25) is 0 Å². The first-order valence-electron chi connectivity index (χ1n) is 9.94. The average Bonchev–Trinajstić information content (AvgIpc) is 3.12. The second kappa shape index (κ2) is 9.44. The molecule has 0 saturated heterocycles. The summed E-state index contributed by atoms with van der Waals surface area (Å²) < 4.78 is 29.7. The summed E-state index contributed by atoms with van der Waals surface area (Å²) in [6.07, 6.45) is 1.63. The smallest absolute Gasteiger partial charge is 0.315 e. The first kappa shape index (κ1) is 21.9. The number of hydrogen-bond donors (Lipinski definition) is 2. The molecule has 0 radical (unpaired) electrons. The number of carbonyl (C=O) groups excluding carboxylic acids is 1. The van der Waals surface area contributed by atoms with E-state index in [9.17, 15) is 13.6 Å². The molecule has 0 unspecified atom stereocenters. The molecule has 2 amide bonds. The second-order valence-corrected chi connectivity index (χ2v) is 8.22. The summed E-state index contributed by atoms with van der Waals surface area (Å²) in [5, 5.41) is 5.71. The molecule has 0 saturated carbocycles. The van der Waals surface area contributed by atoms with Crippen molar-refractivity contribution in [3.63, 3.8) is 0 Å². The lowest BCUT2D eigenvalue weighted by Crippen LogP contribution is -2.37. The molecule has 2 aromatic heterocycles. The summed E-state index contributed by atoms with van der Waals surface area (Å²) in [6.45, 7) is 2.27. The Hall–Kier alpha value is -3.33. The van der Waals surface area contributed by atoms with E-state index in [0.29, 0.717) is 22.6 Å². The van der Waals surface area contributed by atoms with Crippen LogP contribution in [-0.4, -0.2) is 20.6 Å². The maximum atomic E-state index is 13.7. The lowest BCUT2D eigenvalue weighted by Gasteiger charge is -2.15. The van der Waals surface area contributed by atoms with Crippen LogP contribution in [0, 0.1) is 11.6 Å². The predicted molar refractivity (Wildman–Crippen MR) is 121 cm³/mol. The maximum Gasteiger partial charge on any atom is 0.315 e. The number of rotatable bonds is 6. The molecule has 0 aliphatic carbocycles. The number of amides is 2. The number of carbonyl (C=O) groups is 1. The number of halogens is 3. The van der Waals surface area contributed by atoms with Crippen LogP contribution in [0.3, 0.4) is 0 Å². The van der Waals surface area contributed by atoms with Gasteiger partial charge in [-0.25, -0.2) is 23.5 Å². The van der Waals surface area contributed by atoms with Crippen molar-refractivity contribution in [1.82, 2.24) is 25.2 Å². The monoisotopic (exact) mass is 499 g/mol. The van der Waals surface area contributed by atoms with Crippen molar-refractivity contribution in [2.45, 2.75) is 26.1 Å². The van der Waals surface area contributed by atoms with E-state index in [1.165, 1.54) is 6.07 Å². The predicted octanol–water partition coefficient (Wildman–Crippen LogP) is 5.08. The van der Waals surface area contributed by atoms with Gasteiger partial charge in [-0.1, -0.05) is 34.1 Å². The summed E-state index contributed by atoms with van der Waals surface area (Å²) in [7, 11) is 0. The van der Waals surface area contributed by atoms with Gasteiger partial charge in [0.2, 0.25) is 0 Å². The van der Waals surface area contributed by atoms with Crippen molar-refractivity contribution in [3.05, 3.63) is 93.9 Å². The van der Waals surface area contributed by atoms with Crippen LogP contribution >= 0.6 is 15.9 Å². The van der Waals surface area contributed by atoms with Gasteiger partial charge in [0.25, 0.3) is 0 Å². The molecular formula is C23H20BrF2N5O. The molecule has 0 fully saturated rings. The van der Waals surface area contributed by atoms with E-state index in [1.54, 1.807) is 16.8 Å². The van der Waals surface area contributed by atoms with Crippen LogP contribution in [0.2, 0.25) is 0 Å². The molecule has 6 nitrogen and oxygen atoms in total. The van der Waals surface area contributed by atoms with Crippen molar-refractivity contribution in [2.24, 2.45) is 0 Å². The number of nitrogens with one attached hydrogen (secondary N) is 2. The van der Waals surface area contributed by atoms with Crippen LogP contribution in [0.4, 0.5) is 13.6 Å². The van der Waals surface area contributed by atoms with Crippen LogP contribution in [0.5, 0.6) is 0 Å². The van der Waals surface area contributed by atoms with Crippen LogP contribution < -0.4 is 10.6 Å². The van der Waals surface area contributed by atoms with E-state index in [1.807, 2.05) is 37.3 Å². The highest BCUT2D eigenvalue weighted by molar-refractivity contribution is 9.10. The molecule has 2 heterocycles. The number of aromatic nitrogens is 3. The molecule has 2 N–H and O–H groups in total. The highest BCUT2D eigenvalue weighted by Crippen LogP contribution is 2.18. The highest BCUT2D eigenvalue weighted by atomic mass is 79.9. The maximum absolute atomic E-state index is 13.7. The van der Waals surface area contributed by atoms with Gasteiger partial charge in [-0.05, 0) is 54.4 Å². The lowest BCUT2D eigenvalue weighted by molar-refractivity contribution is 0.237. The van der Waals surface area contributed by atoms with Crippen molar-refractivity contribution >= 4 is 33.1 Å². The Morgan fingerprint density at radius 2 is 1.91 bits per heavy atom. The fraction of sp³-hybridized carbons (Fsp3) is 0.174. The van der Waals surface area contributed by atoms with E-state index >= 15 is 0 Å². The first-order valence-corrected chi connectivity index (χ1v) is 10.7. The van der Waals surface area contributed by atoms with Gasteiger partial charge in [0.1, 0.15) is 11.3 Å². The fourth-order valence-corrected chi connectivity index (χ4v) is 3.63. The van der Waals surface area contributed by atoms with Gasteiger partial charge in [0.15, 0.2) is 17.3 Å². The Bertz CT molecular complexity index is 1260. The van der Waals surface area contributed by atoms with Gasteiger partial charge in [-0.2, -0.15) is 0 Å². The zero-order chi connectivity index (χ0) is 22.7. The molecule has 0 bridgehead atoms. The number of nitrogens with zero attached hydrogens (tertiary/aromatic N) is 3. The number of hydrogen-bond acceptors (Lipinski definition) is 3. The normalized spacial score (nSPS) is 12.0. The van der Waals surface area contributed by atoms with Gasteiger partial charge < -0.3 is 15.2 Å². The molecule has 9 heteroatoms. The molecule has 32 heavy (non-hydrogen) atoms. The topological polar surface area (TPSA) is 71.8 Å². The largest absolute Gasteiger partial charge is 0.332 e. The standard InChI is InChI=1S/C23H20BrF2N5O/c1-14(16-5-7-17(24)8-6-16)29-23(32)28-12-21-30-20-3-2-10-27-22(20)31(21)13-15-4-9-18(25)19(26)11-15/h2-11,14H,12-13H2,1H3,(H2,28,29,32)/t14-/m0/s1. The molecule has 0 spiro atoms. The Labute approximate surface area is 191 Å². The van der Waals surface area contributed by atoms with E-state index in [2.05, 4.69) is 36.5 Å². The van der Waals surface area contributed by atoms with E-state index in [-0.39, 0.29) is 25.2 Å². The zero-order valence-corrected chi connectivity index (χ0v) is 18.7. The Kier molecular flexibility index (Phi) is 6.45. The van der Waals surface area contributed by atoms with Crippen molar-refractivity contribution < 1.29 is 13.6 Å². The minimum Gasteiger partial charge on any atom is -0.332 e. The SMILES string of the molecule is C[C@H](NC(=O)NCc1nc2cccnc2n1Cc1ccc(F)c(F)c1)c1ccc(Br)cc1. The molecule has 164 valence electrons. The van der Waals surface area contributed by atoms with Crippen molar-refractivity contribution in [3.8, 4) is 0 Å². The third-order valence-electron chi connectivity index (χ3n) is 5.03. The molecule has 4 rings (SSSR count). The van der Waals surface area contributed by atoms with E-state index in [0.717, 1.165) is 22.2 Å². The van der Waals surface area contributed by atoms with Gasteiger partial charge in [0, 0.05) is 10.7 Å². The molecule has 0 aliphatic rings. The van der Waals surface area contributed by atoms with Crippen LogP contribution in [0.25, 0.3) is 11.2 Å². The molecular weight excluding hydrogens is 480 g/mol. The molecule has 2 aromatic carbocycles. The van der Waals surface area contributed by atoms with Crippen molar-refractivity contribution in [1.29, 1.82) is 0 Å². The molecule has 1 atom stereocenters. The minimum absolute atomic E-state index is 0.138. The first-order chi connectivity index (χ1) is 15.4. The number of urea groups is 1. The lowest BCUT2D eigenvalue weighted by atomic mass is 10.1. The summed E-state index contributed by atoms with van der Waals surface area (Å²) in [6, 6.07) is 14.5. The van der Waals surface area contributed by atoms with E-state index < -0.39 is 11.6 Å². The minimum atomic E-state index is -0.916. The van der Waals surface area contributed by atoms with Crippen LogP contribution in [-0.2, 0) is 13.1 Å². The third-order valence-corrected chi connectivity index (χ3v) is 5.56. The summed E-state index contributed by atoms with van der Waals surface area (Å²) >= 11 is 3.39. The number of fused-ring (bicyclic) bond motifs is 1. The fourth-order valence-electron chi connectivity index (χ4n) is 3.37.